The first-order valence-electron chi connectivity index (χ1n) is 8.32. The zero-order valence-corrected chi connectivity index (χ0v) is 14.7. The number of benzene rings is 1. The van der Waals surface area contributed by atoms with Crippen LogP contribution in [0.1, 0.15) is 29.1 Å². The Morgan fingerprint density at radius 1 is 1.29 bits per heavy atom. The number of hydrazone groups is 1. The van der Waals surface area contributed by atoms with Crippen molar-refractivity contribution in [2.24, 2.45) is 5.10 Å². The van der Waals surface area contributed by atoms with Crippen LogP contribution in [-0.2, 0) is 17.8 Å². The minimum atomic E-state index is -0.0909. The number of quaternary nitrogens is 1. The van der Waals surface area contributed by atoms with E-state index in [-0.39, 0.29) is 5.91 Å². The normalized spacial score (nSPS) is 17.5. The van der Waals surface area contributed by atoms with Gasteiger partial charge < -0.3 is 4.90 Å². The molecule has 5 nitrogen and oxygen atoms in total. The lowest BCUT2D eigenvalue weighted by molar-refractivity contribution is -0.914. The highest BCUT2D eigenvalue weighted by molar-refractivity contribution is 7.09. The van der Waals surface area contributed by atoms with Crippen LogP contribution in [0.4, 0.5) is 0 Å². The molecule has 0 radical (unpaired) electrons. The van der Waals surface area contributed by atoms with Crippen LogP contribution in [0.25, 0.3) is 0 Å². The molecule has 0 aliphatic carbocycles. The second kappa shape index (κ2) is 8.17. The minimum Gasteiger partial charge on any atom is -0.331 e. The monoisotopic (exact) mass is 343 g/mol. The average Bonchev–Trinajstić information content (AvgIpc) is 3.00. The summed E-state index contributed by atoms with van der Waals surface area (Å²) in [5, 5.41) is 7.22. The molecule has 0 bridgehead atoms. The van der Waals surface area contributed by atoms with Gasteiger partial charge >= 0.3 is 0 Å². The fourth-order valence-electron chi connectivity index (χ4n) is 2.90. The van der Waals surface area contributed by atoms with E-state index in [0.29, 0.717) is 6.42 Å². The van der Waals surface area contributed by atoms with Crippen molar-refractivity contribution in [1.82, 2.24) is 10.4 Å². The van der Waals surface area contributed by atoms with Crippen LogP contribution in [0.5, 0.6) is 0 Å². The van der Waals surface area contributed by atoms with Crippen molar-refractivity contribution in [2.75, 3.05) is 13.1 Å². The third-order valence-electron chi connectivity index (χ3n) is 4.18. The van der Waals surface area contributed by atoms with Crippen molar-refractivity contribution in [2.45, 2.75) is 32.7 Å². The number of aromatic nitrogens is 1. The molecule has 0 spiro atoms. The van der Waals surface area contributed by atoms with Crippen LogP contribution in [0.15, 0.2) is 40.8 Å². The van der Waals surface area contributed by atoms with Crippen molar-refractivity contribution in [1.29, 1.82) is 0 Å². The van der Waals surface area contributed by atoms with E-state index in [1.54, 1.807) is 16.2 Å². The van der Waals surface area contributed by atoms with Gasteiger partial charge in [-0.3, -0.25) is 4.79 Å². The van der Waals surface area contributed by atoms with Crippen molar-refractivity contribution in [3.8, 4) is 0 Å². The number of carbonyl (C=O) groups excluding carboxylic acids is 1. The van der Waals surface area contributed by atoms with E-state index in [4.69, 9.17) is 0 Å². The lowest BCUT2D eigenvalue weighted by atomic mass is 10.1. The van der Waals surface area contributed by atoms with E-state index in [9.17, 15) is 4.79 Å². The Hall–Kier alpha value is -2.05. The summed E-state index contributed by atoms with van der Waals surface area (Å²) in [4.78, 5) is 17.8. The Kier molecular flexibility index (Phi) is 5.72. The Labute approximate surface area is 146 Å². The Bertz CT molecular complexity index is 701. The number of piperidine rings is 1. The van der Waals surface area contributed by atoms with Gasteiger partial charge in [-0.2, -0.15) is 5.10 Å². The number of rotatable bonds is 5. The summed E-state index contributed by atoms with van der Waals surface area (Å²) in [7, 11) is 0. The second-order valence-corrected chi connectivity index (χ2v) is 7.22. The fourth-order valence-corrected chi connectivity index (χ4v) is 3.51. The summed E-state index contributed by atoms with van der Waals surface area (Å²) in [6, 6.07) is 10.6. The molecule has 24 heavy (non-hydrogen) atoms. The highest BCUT2D eigenvalue weighted by Crippen LogP contribution is 2.08. The summed E-state index contributed by atoms with van der Waals surface area (Å²) >= 11 is 1.56. The highest BCUT2D eigenvalue weighted by Gasteiger charge is 2.18. The van der Waals surface area contributed by atoms with Crippen LogP contribution in [0, 0.1) is 6.92 Å². The van der Waals surface area contributed by atoms with Crippen LogP contribution in [0.2, 0.25) is 0 Å². The largest absolute Gasteiger partial charge is 0.331 e. The molecule has 1 aromatic heterocycles. The molecule has 6 heteroatoms. The summed E-state index contributed by atoms with van der Waals surface area (Å²) in [5.41, 5.74) is 5.96. The van der Waals surface area contributed by atoms with Gasteiger partial charge in [0, 0.05) is 29.5 Å². The van der Waals surface area contributed by atoms with Gasteiger partial charge in [-0.15, -0.1) is 11.3 Å². The molecule has 2 aromatic rings. The number of carbonyl (C=O) groups is 1. The molecule has 126 valence electrons. The fraction of sp³-hybridized carbons (Fsp3) is 0.389. The number of amides is 1. The third kappa shape index (κ3) is 4.97. The van der Waals surface area contributed by atoms with Crippen molar-refractivity contribution in [3.63, 3.8) is 0 Å². The van der Waals surface area contributed by atoms with Crippen molar-refractivity contribution < 1.29 is 9.69 Å². The minimum absolute atomic E-state index is 0.0909. The number of nitrogens with one attached hydrogen (secondary N) is 2. The first kappa shape index (κ1) is 16.8. The van der Waals surface area contributed by atoms with E-state index >= 15 is 0 Å². The van der Waals surface area contributed by atoms with E-state index in [1.807, 2.05) is 12.3 Å². The van der Waals surface area contributed by atoms with Gasteiger partial charge in [0.1, 0.15) is 6.54 Å². The van der Waals surface area contributed by atoms with Crippen LogP contribution >= 0.6 is 11.3 Å². The van der Waals surface area contributed by atoms with Gasteiger partial charge in [0.15, 0.2) is 0 Å². The first-order chi connectivity index (χ1) is 11.7. The van der Waals surface area contributed by atoms with Crippen molar-refractivity contribution in [3.05, 3.63) is 52.0 Å². The topological polar surface area (TPSA) is 58.8 Å². The lowest BCUT2D eigenvalue weighted by Gasteiger charge is -2.24. The predicted molar refractivity (Wildman–Crippen MR) is 96.2 cm³/mol. The number of likely N-dealkylation sites (tertiary alicyclic amines) is 1. The Balaban J connectivity index is 1.42. The quantitative estimate of drug-likeness (QED) is 0.805. The maximum atomic E-state index is 11.9. The molecule has 1 aromatic carbocycles. The van der Waals surface area contributed by atoms with E-state index < -0.39 is 0 Å². The number of thiazole rings is 1. The lowest BCUT2D eigenvalue weighted by Crippen LogP contribution is -3.11. The summed E-state index contributed by atoms with van der Waals surface area (Å²) in [6.07, 6.45) is 2.18. The molecule has 0 saturated carbocycles. The van der Waals surface area contributed by atoms with Gasteiger partial charge in [-0.05, 0) is 6.92 Å². The van der Waals surface area contributed by atoms with Gasteiger partial charge in [0.05, 0.1) is 30.2 Å². The molecule has 1 aliphatic rings. The molecule has 2 N–H and O–H groups in total. The number of hydrogen-bond acceptors (Lipinski definition) is 4. The SMILES string of the molecule is Cc1nc(CC(=O)NN=C2CC[NH+](Cc3ccccc3)CC2)cs1. The molecule has 1 fully saturated rings. The van der Waals surface area contributed by atoms with Crippen LogP contribution in [0.3, 0.4) is 0 Å². The Morgan fingerprint density at radius 2 is 2.04 bits per heavy atom. The molecule has 1 saturated heterocycles. The third-order valence-corrected chi connectivity index (χ3v) is 5.00. The van der Waals surface area contributed by atoms with Gasteiger partial charge in [-0.25, -0.2) is 10.4 Å². The van der Waals surface area contributed by atoms with Gasteiger partial charge in [0.2, 0.25) is 5.91 Å². The Morgan fingerprint density at radius 3 is 2.71 bits per heavy atom. The zero-order valence-electron chi connectivity index (χ0n) is 13.9. The average molecular weight is 343 g/mol. The van der Waals surface area contributed by atoms with Crippen molar-refractivity contribution >= 4 is 23.0 Å². The summed E-state index contributed by atoms with van der Waals surface area (Å²) in [5.74, 6) is -0.0909. The standard InChI is InChI=1S/C18H22N4OS/c1-14-19-17(13-24-14)11-18(23)21-20-16-7-9-22(10-8-16)12-15-5-3-2-4-6-15/h2-6,13H,7-12H2,1H3,(H,21,23)/p+1. The zero-order chi connectivity index (χ0) is 16.8. The number of nitrogens with zero attached hydrogens (tertiary/aromatic N) is 2. The summed E-state index contributed by atoms with van der Waals surface area (Å²) in [6.45, 7) is 5.13. The maximum absolute atomic E-state index is 11.9. The van der Waals surface area contributed by atoms with Crippen LogP contribution < -0.4 is 10.3 Å². The van der Waals surface area contributed by atoms with E-state index in [2.05, 4.69) is 45.8 Å². The van der Waals surface area contributed by atoms with Crippen LogP contribution in [-0.4, -0.2) is 29.7 Å². The van der Waals surface area contributed by atoms with E-state index in [1.165, 1.54) is 5.56 Å². The molecule has 0 unspecified atom stereocenters. The molecule has 2 heterocycles. The molecule has 1 amide bonds. The first-order valence-corrected chi connectivity index (χ1v) is 9.20. The predicted octanol–water partition coefficient (Wildman–Crippen LogP) is 1.35. The molecular weight excluding hydrogens is 320 g/mol. The molecule has 3 rings (SSSR count). The molecule has 1 aliphatic heterocycles. The maximum Gasteiger partial charge on any atom is 0.246 e. The molecular formula is C18H23N4OS+. The molecule has 0 atom stereocenters. The summed E-state index contributed by atoms with van der Waals surface area (Å²) < 4.78 is 0. The number of aryl methyl sites for hydroxylation is 1. The second-order valence-electron chi connectivity index (χ2n) is 6.16. The number of hydrogen-bond donors (Lipinski definition) is 2. The highest BCUT2D eigenvalue weighted by atomic mass is 32.1. The van der Waals surface area contributed by atoms with E-state index in [0.717, 1.165) is 48.9 Å². The van der Waals surface area contributed by atoms with Gasteiger partial charge in [-0.1, -0.05) is 30.3 Å². The smallest absolute Gasteiger partial charge is 0.246 e. The van der Waals surface area contributed by atoms with Gasteiger partial charge in [0.25, 0.3) is 0 Å².